The highest BCUT2D eigenvalue weighted by atomic mass is 35.5. The van der Waals surface area contributed by atoms with Gasteiger partial charge in [-0.3, -0.25) is 4.90 Å². The summed E-state index contributed by atoms with van der Waals surface area (Å²) in [5, 5.41) is 8.19. The van der Waals surface area contributed by atoms with Crippen molar-refractivity contribution < 1.29 is 13.3 Å². The summed E-state index contributed by atoms with van der Waals surface area (Å²) in [5.41, 5.74) is 0.0561. The molecule has 0 radical (unpaired) electrons. The van der Waals surface area contributed by atoms with Crippen LogP contribution >= 0.6 is 11.6 Å². The van der Waals surface area contributed by atoms with Gasteiger partial charge >= 0.3 is 0 Å². The summed E-state index contributed by atoms with van der Waals surface area (Å²) in [6, 6.07) is 3.53. The van der Waals surface area contributed by atoms with Gasteiger partial charge in [0.2, 0.25) is 0 Å². The molecule has 24 heavy (non-hydrogen) atoms. The standard InChI is InChI=1S/C17H18ClF2N3O/c18-11-2-1-10-13(12(11)15(19)20)24-22-16(10)21-14-9-3-7-23(8-4-9)17(14)5-6-17/h1-2,9,14-15H,3-8H2,(H,21,22). The molecule has 2 aromatic rings. The Morgan fingerprint density at radius 3 is 2.71 bits per heavy atom. The highest BCUT2D eigenvalue weighted by molar-refractivity contribution is 6.32. The summed E-state index contributed by atoms with van der Waals surface area (Å²) in [6.45, 7) is 2.35. The fourth-order valence-electron chi connectivity index (χ4n) is 4.78. The van der Waals surface area contributed by atoms with Gasteiger partial charge in [0.25, 0.3) is 6.43 Å². The Kier molecular flexibility index (Phi) is 3.14. The summed E-state index contributed by atoms with van der Waals surface area (Å²) in [4.78, 5) is 2.59. The van der Waals surface area contributed by atoms with Crippen LogP contribution in [0.3, 0.4) is 0 Å². The van der Waals surface area contributed by atoms with Crippen LogP contribution in [0, 0.1) is 5.92 Å². The molecule has 4 nitrogen and oxygen atoms in total. The summed E-state index contributed by atoms with van der Waals surface area (Å²) < 4.78 is 31.8. The quantitative estimate of drug-likeness (QED) is 0.884. The third-order valence-electron chi connectivity index (χ3n) is 6.12. The van der Waals surface area contributed by atoms with E-state index < -0.39 is 6.43 Å². The van der Waals surface area contributed by atoms with Crippen molar-refractivity contribution in [1.29, 1.82) is 0 Å². The minimum Gasteiger partial charge on any atom is -0.362 e. The minimum atomic E-state index is -2.69. The summed E-state index contributed by atoms with van der Waals surface area (Å²) in [7, 11) is 0. The lowest BCUT2D eigenvalue weighted by atomic mass is 9.77. The van der Waals surface area contributed by atoms with E-state index in [0.29, 0.717) is 23.2 Å². The van der Waals surface area contributed by atoms with Crippen LogP contribution in [-0.2, 0) is 0 Å². The molecule has 1 spiro atoms. The molecule has 2 bridgehead atoms. The van der Waals surface area contributed by atoms with Crippen LogP contribution in [-0.4, -0.2) is 34.7 Å². The highest BCUT2D eigenvalue weighted by Crippen LogP contribution is 2.54. The number of hydrogen-bond donors (Lipinski definition) is 1. The van der Waals surface area contributed by atoms with Crippen molar-refractivity contribution >= 4 is 28.4 Å². The molecular formula is C17H18ClF2N3O. The number of aromatic nitrogens is 1. The molecule has 1 aromatic carbocycles. The summed E-state index contributed by atoms with van der Waals surface area (Å²) >= 11 is 5.91. The van der Waals surface area contributed by atoms with E-state index in [-0.39, 0.29) is 21.7 Å². The van der Waals surface area contributed by atoms with Gasteiger partial charge in [0.05, 0.1) is 16.0 Å². The zero-order valence-corrected chi connectivity index (χ0v) is 13.8. The number of alkyl halides is 2. The Morgan fingerprint density at radius 1 is 1.29 bits per heavy atom. The summed E-state index contributed by atoms with van der Waals surface area (Å²) in [6.07, 6.45) is 2.08. The number of piperidine rings is 3. The number of hydrogen-bond acceptors (Lipinski definition) is 4. The zero-order chi connectivity index (χ0) is 16.5. The van der Waals surface area contributed by atoms with Crippen LogP contribution in [0.4, 0.5) is 14.6 Å². The van der Waals surface area contributed by atoms with Crippen LogP contribution in [0.25, 0.3) is 11.0 Å². The molecule has 4 aliphatic rings. The number of nitrogens with zero attached hydrogens (tertiary/aromatic N) is 2. The van der Waals surface area contributed by atoms with Crippen LogP contribution in [0.1, 0.15) is 37.7 Å². The first kappa shape index (κ1) is 14.9. The van der Waals surface area contributed by atoms with E-state index in [9.17, 15) is 8.78 Å². The smallest absolute Gasteiger partial charge is 0.269 e. The van der Waals surface area contributed by atoms with Gasteiger partial charge in [-0.15, -0.1) is 0 Å². The fraction of sp³-hybridized carbons (Fsp3) is 0.588. The number of nitrogens with one attached hydrogen (secondary N) is 1. The predicted octanol–water partition coefficient (Wildman–Crippen LogP) is 4.46. The van der Waals surface area contributed by atoms with E-state index >= 15 is 0 Å². The average Bonchev–Trinajstić information content (AvgIpc) is 3.25. The molecule has 1 aromatic heterocycles. The Hall–Kier alpha value is -1.40. The van der Waals surface area contributed by atoms with Crippen molar-refractivity contribution in [3.63, 3.8) is 0 Å². The normalized spacial score (nSPS) is 30.4. The maximum absolute atomic E-state index is 13.3. The first-order valence-corrected chi connectivity index (χ1v) is 8.85. The van der Waals surface area contributed by atoms with Gasteiger partial charge < -0.3 is 9.84 Å². The Morgan fingerprint density at radius 2 is 2.04 bits per heavy atom. The number of halogens is 3. The van der Waals surface area contributed by atoms with Crippen LogP contribution < -0.4 is 5.32 Å². The highest BCUT2D eigenvalue weighted by Gasteiger charge is 2.60. The van der Waals surface area contributed by atoms with E-state index in [1.165, 1.54) is 44.8 Å². The molecule has 4 heterocycles. The third kappa shape index (κ3) is 1.96. The maximum atomic E-state index is 13.3. The molecule has 0 amide bonds. The number of rotatable bonds is 3. The van der Waals surface area contributed by atoms with Crippen molar-refractivity contribution in [2.45, 2.75) is 43.7 Å². The van der Waals surface area contributed by atoms with Gasteiger partial charge in [-0.05, 0) is 56.8 Å². The van der Waals surface area contributed by atoms with Crippen molar-refractivity contribution in [2.24, 2.45) is 5.92 Å². The molecular weight excluding hydrogens is 336 g/mol. The van der Waals surface area contributed by atoms with Gasteiger partial charge in [-0.1, -0.05) is 16.8 Å². The number of fused-ring (bicyclic) bond motifs is 3. The monoisotopic (exact) mass is 353 g/mol. The second-order valence-corrected chi connectivity index (χ2v) is 7.63. The van der Waals surface area contributed by atoms with Crippen molar-refractivity contribution in [3.05, 3.63) is 22.7 Å². The largest absolute Gasteiger partial charge is 0.362 e. The molecule has 1 N–H and O–H groups in total. The maximum Gasteiger partial charge on any atom is 0.269 e. The lowest BCUT2D eigenvalue weighted by molar-refractivity contribution is 0.0202. The molecule has 3 saturated heterocycles. The van der Waals surface area contributed by atoms with E-state index in [1.807, 2.05) is 0 Å². The molecule has 1 atom stereocenters. The predicted molar refractivity (Wildman–Crippen MR) is 87.6 cm³/mol. The number of benzene rings is 1. The second kappa shape index (κ2) is 5.05. The topological polar surface area (TPSA) is 41.3 Å². The Labute approximate surface area is 143 Å². The third-order valence-corrected chi connectivity index (χ3v) is 6.45. The first-order valence-electron chi connectivity index (χ1n) is 8.48. The van der Waals surface area contributed by atoms with E-state index in [2.05, 4.69) is 15.4 Å². The molecule has 1 unspecified atom stereocenters. The molecule has 3 aliphatic heterocycles. The van der Waals surface area contributed by atoms with Gasteiger partial charge in [0, 0.05) is 11.6 Å². The molecule has 128 valence electrons. The van der Waals surface area contributed by atoms with Crippen molar-refractivity contribution in [2.75, 3.05) is 18.4 Å². The van der Waals surface area contributed by atoms with Gasteiger partial charge in [-0.2, -0.15) is 0 Å². The van der Waals surface area contributed by atoms with E-state index in [0.717, 1.165) is 0 Å². The molecule has 1 saturated carbocycles. The molecule has 6 rings (SSSR count). The Bertz CT molecular complexity index is 796. The van der Waals surface area contributed by atoms with Crippen molar-refractivity contribution in [1.82, 2.24) is 10.1 Å². The minimum absolute atomic E-state index is 0.0155. The molecule has 4 fully saturated rings. The van der Waals surface area contributed by atoms with E-state index in [1.54, 1.807) is 6.07 Å². The van der Waals surface area contributed by atoms with Gasteiger partial charge in [0.15, 0.2) is 11.4 Å². The van der Waals surface area contributed by atoms with Crippen LogP contribution in [0.15, 0.2) is 16.7 Å². The lowest BCUT2D eigenvalue weighted by Gasteiger charge is -2.52. The fourth-order valence-corrected chi connectivity index (χ4v) is 5.01. The summed E-state index contributed by atoms with van der Waals surface area (Å²) in [5.74, 6) is 1.18. The SMILES string of the molecule is FC(F)c1c(Cl)ccc2c(NC3C4CCN(CC4)C34CC4)noc12. The Balaban J connectivity index is 1.53. The number of anilines is 1. The molecule has 1 aliphatic carbocycles. The first-order chi connectivity index (χ1) is 11.6. The average molecular weight is 354 g/mol. The second-order valence-electron chi connectivity index (χ2n) is 7.22. The van der Waals surface area contributed by atoms with E-state index in [4.69, 9.17) is 16.1 Å². The lowest BCUT2D eigenvalue weighted by Crippen LogP contribution is -2.62. The van der Waals surface area contributed by atoms with Crippen LogP contribution in [0.5, 0.6) is 0 Å². The van der Waals surface area contributed by atoms with Gasteiger partial charge in [0.1, 0.15) is 0 Å². The van der Waals surface area contributed by atoms with Crippen LogP contribution in [0.2, 0.25) is 5.02 Å². The van der Waals surface area contributed by atoms with Crippen molar-refractivity contribution in [3.8, 4) is 0 Å². The zero-order valence-electron chi connectivity index (χ0n) is 13.1. The molecule has 7 heteroatoms. The van der Waals surface area contributed by atoms with Gasteiger partial charge in [-0.25, -0.2) is 8.78 Å².